The van der Waals surface area contributed by atoms with Crippen LogP contribution in [0.15, 0.2) is 47.9 Å². The summed E-state index contributed by atoms with van der Waals surface area (Å²) >= 11 is 12.0. The molecule has 0 fully saturated rings. The van der Waals surface area contributed by atoms with Crippen LogP contribution < -0.4 is 5.32 Å². The molecule has 7 heteroatoms. The topological polar surface area (TPSA) is 63.6 Å². The summed E-state index contributed by atoms with van der Waals surface area (Å²) in [5.74, 6) is -0.132. The largest absolute Gasteiger partial charge is 0.396 e. The first-order valence-electron chi connectivity index (χ1n) is 7.44. The number of rotatable bonds is 7. The number of aromatic nitrogens is 1. The van der Waals surface area contributed by atoms with Crippen molar-refractivity contribution in [3.63, 3.8) is 0 Å². The zero-order valence-electron chi connectivity index (χ0n) is 13.1. The number of carbonyl (C=O) groups is 1. The highest BCUT2D eigenvalue weighted by molar-refractivity contribution is 6.42. The van der Waals surface area contributed by atoms with Crippen molar-refractivity contribution in [3.05, 3.63) is 58.3 Å². The van der Waals surface area contributed by atoms with Gasteiger partial charge in [-0.2, -0.15) is 0 Å². The quantitative estimate of drug-likeness (QED) is 0.578. The lowest BCUT2D eigenvalue weighted by Crippen LogP contribution is -2.14. The van der Waals surface area contributed by atoms with Crippen molar-refractivity contribution in [3.8, 4) is 0 Å². The number of pyridine rings is 1. The molecule has 0 spiro atoms. The summed E-state index contributed by atoms with van der Waals surface area (Å²) < 4.78 is 0. The van der Waals surface area contributed by atoms with Gasteiger partial charge in [-0.3, -0.25) is 9.78 Å². The van der Waals surface area contributed by atoms with E-state index in [4.69, 9.17) is 28.0 Å². The van der Waals surface area contributed by atoms with Gasteiger partial charge < -0.3 is 10.2 Å². The molecule has 1 aromatic heterocycles. The Morgan fingerprint density at radius 1 is 1.25 bits per heavy atom. The fourth-order valence-corrected chi connectivity index (χ4v) is 2.25. The molecule has 2 rings (SSSR count). The number of halogens is 2. The van der Waals surface area contributed by atoms with Crippen molar-refractivity contribution in [2.45, 2.75) is 19.8 Å². The van der Waals surface area contributed by atoms with Crippen LogP contribution in [0.5, 0.6) is 0 Å². The molecular formula is C17H17Cl2N3O2. The van der Waals surface area contributed by atoms with E-state index >= 15 is 0 Å². The van der Waals surface area contributed by atoms with Gasteiger partial charge in [0.15, 0.2) is 0 Å². The van der Waals surface area contributed by atoms with Gasteiger partial charge in [0.25, 0.3) is 0 Å². The van der Waals surface area contributed by atoms with E-state index in [0.29, 0.717) is 34.5 Å². The summed E-state index contributed by atoms with van der Waals surface area (Å²) in [7, 11) is 0. The summed E-state index contributed by atoms with van der Waals surface area (Å²) in [6.07, 6.45) is 3.89. The highest BCUT2D eigenvalue weighted by Gasteiger charge is 2.11. The maximum absolute atomic E-state index is 12.1. The van der Waals surface area contributed by atoms with E-state index in [1.165, 1.54) is 0 Å². The Morgan fingerprint density at radius 2 is 2.08 bits per heavy atom. The summed E-state index contributed by atoms with van der Waals surface area (Å²) in [5, 5.41) is 7.76. The fraction of sp³-hybridized carbons (Fsp3) is 0.235. The van der Waals surface area contributed by atoms with Gasteiger partial charge in [-0.05, 0) is 31.2 Å². The minimum absolute atomic E-state index is 0.132. The minimum Gasteiger partial charge on any atom is -0.396 e. The molecule has 24 heavy (non-hydrogen) atoms. The number of nitrogens with zero attached hydrogens (tertiary/aromatic N) is 2. The summed E-state index contributed by atoms with van der Waals surface area (Å²) in [4.78, 5) is 21.2. The van der Waals surface area contributed by atoms with Crippen molar-refractivity contribution in [2.75, 3.05) is 11.9 Å². The lowest BCUT2D eigenvalue weighted by atomic mass is 10.1. The van der Waals surface area contributed by atoms with Gasteiger partial charge in [0.2, 0.25) is 5.91 Å². The van der Waals surface area contributed by atoms with Gasteiger partial charge in [-0.1, -0.05) is 34.4 Å². The van der Waals surface area contributed by atoms with Crippen LogP contribution in [0.25, 0.3) is 0 Å². The summed E-state index contributed by atoms with van der Waals surface area (Å²) in [6.45, 7) is 2.28. The highest BCUT2D eigenvalue weighted by atomic mass is 35.5. The van der Waals surface area contributed by atoms with E-state index in [2.05, 4.69) is 15.5 Å². The number of benzene rings is 1. The Bertz CT molecular complexity index is 721. The molecule has 1 heterocycles. The van der Waals surface area contributed by atoms with Crippen LogP contribution in [0.4, 0.5) is 5.69 Å². The third-order valence-electron chi connectivity index (χ3n) is 3.09. The molecule has 0 unspecified atom stereocenters. The lowest BCUT2D eigenvalue weighted by molar-refractivity contribution is -0.116. The van der Waals surface area contributed by atoms with Crippen molar-refractivity contribution in [1.82, 2.24) is 4.98 Å². The number of amides is 1. The fourth-order valence-electron chi connectivity index (χ4n) is 1.95. The van der Waals surface area contributed by atoms with Crippen LogP contribution >= 0.6 is 23.2 Å². The van der Waals surface area contributed by atoms with E-state index in [0.717, 1.165) is 5.56 Å². The number of hydrogen-bond acceptors (Lipinski definition) is 4. The summed E-state index contributed by atoms with van der Waals surface area (Å²) in [6, 6.07) is 8.73. The molecule has 1 aromatic carbocycles. The zero-order chi connectivity index (χ0) is 17.4. The average Bonchev–Trinajstić information content (AvgIpc) is 2.58. The molecule has 0 saturated heterocycles. The Balaban J connectivity index is 2.03. The van der Waals surface area contributed by atoms with E-state index in [9.17, 15) is 4.79 Å². The van der Waals surface area contributed by atoms with Crippen molar-refractivity contribution in [1.29, 1.82) is 0 Å². The number of nitrogens with one attached hydrogen (secondary N) is 1. The Labute approximate surface area is 150 Å². The second kappa shape index (κ2) is 9.25. The molecule has 2 aromatic rings. The molecule has 0 aliphatic rings. The zero-order valence-corrected chi connectivity index (χ0v) is 14.6. The van der Waals surface area contributed by atoms with Gasteiger partial charge in [-0.25, -0.2) is 0 Å². The van der Waals surface area contributed by atoms with Gasteiger partial charge >= 0.3 is 0 Å². The molecule has 5 nitrogen and oxygen atoms in total. The Hall–Kier alpha value is -2.11. The third kappa shape index (κ3) is 5.51. The normalized spacial score (nSPS) is 11.2. The van der Waals surface area contributed by atoms with Crippen LogP contribution in [0.3, 0.4) is 0 Å². The molecule has 0 aliphatic carbocycles. The average molecular weight is 366 g/mol. The van der Waals surface area contributed by atoms with Crippen molar-refractivity contribution < 1.29 is 9.63 Å². The number of oxime groups is 1. The third-order valence-corrected chi connectivity index (χ3v) is 3.83. The lowest BCUT2D eigenvalue weighted by Gasteiger charge is -2.08. The maximum Gasteiger partial charge on any atom is 0.224 e. The van der Waals surface area contributed by atoms with Gasteiger partial charge in [-0.15, -0.1) is 0 Å². The van der Waals surface area contributed by atoms with Crippen LogP contribution in [0.1, 0.15) is 25.3 Å². The molecular weight excluding hydrogens is 349 g/mol. The van der Waals surface area contributed by atoms with Crippen LogP contribution in [-0.4, -0.2) is 23.2 Å². The first-order valence-corrected chi connectivity index (χ1v) is 8.20. The molecule has 126 valence electrons. The van der Waals surface area contributed by atoms with Gasteiger partial charge in [0.05, 0.1) is 27.6 Å². The Kier molecular flexibility index (Phi) is 7.03. The monoisotopic (exact) mass is 365 g/mol. The number of anilines is 1. The maximum atomic E-state index is 12.1. The van der Waals surface area contributed by atoms with Crippen LogP contribution in [0.2, 0.25) is 10.0 Å². The Morgan fingerprint density at radius 3 is 2.75 bits per heavy atom. The van der Waals surface area contributed by atoms with E-state index in [-0.39, 0.29) is 12.3 Å². The predicted molar refractivity (Wildman–Crippen MR) is 96.7 cm³/mol. The van der Waals surface area contributed by atoms with Gasteiger partial charge in [0, 0.05) is 24.6 Å². The van der Waals surface area contributed by atoms with Gasteiger partial charge in [0.1, 0.15) is 6.61 Å². The standard InChI is InChI=1S/C17H17Cl2N3O2/c1-2-24-22-16(12-5-6-14(18)15(19)10-12)7-8-17(23)21-13-4-3-9-20-11-13/h3-6,9-11H,2,7-8H2,1H3,(H,21,23). The molecule has 1 N–H and O–H groups in total. The summed E-state index contributed by atoms with van der Waals surface area (Å²) in [5.41, 5.74) is 2.06. The molecule has 0 radical (unpaired) electrons. The highest BCUT2D eigenvalue weighted by Crippen LogP contribution is 2.23. The number of carbonyl (C=O) groups excluding carboxylic acids is 1. The first-order chi connectivity index (χ1) is 11.6. The molecule has 0 saturated carbocycles. The smallest absolute Gasteiger partial charge is 0.224 e. The number of hydrogen-bond donors (Lipinski definition) is 1. The van der Waals surface area contributed by atoms with E-state index in [1.807, 2.05) is 6.92 Å². The van der Waals surface area contributed by atoms with Crippen molar-refractivity contribution >= 4 is 40.5 Å². The first kappa shape index (κ1) is 18.2. The molecule has 1 amide bonds. The SMILES string of the molecule is CCON=C(CCC(=O)Nc1cccnc1)c1ccc(Cl)c(Cl)c1. The predicted octanol–water partition coefficient (Wildman–Crippen LogP) is 4.55. The van der Waals surface area contributed by atoms with E-state index in [1.54, 1.807) is 42.7 Å². The van der Waals surface area contributed by atoms with Crippen molar-refractivity contribution in [2.24, 2.45) is 5.16 Å². The molecule has 0 bridgehead atoms. The minimum atomic E-state index is -0.132. The van der Waals surface area contributed by atoms with Crippen LogP contribution in [0, 0.1) is 0 Å². The van der Waals surface area contributed by atoms with E-state index < -0.39 is 0 Å². The second-order valence-electron chi connectivity index (χ2n) is 4.87. The molecule has 0 atom stereocenters. The van der Waals surface area contributed by atoms with Crippen LogP contribution in [-0.2, 0) is 9.63 Å². The second-order valence-corrected chi connectivity index (χ2v) is 5.69. The molecule has 0 aliphatic heterocycles.